The monoisotopic (exact) mass is 516 g/mol. The van der Waals surface area contributed by atoms with E-state index in [1.165, 1.54) is 17.8 Å². The Morgan fingerprint density at radius 2 is 1.73 bits per heavy atom. The molecule has 0 saturated heterocycles. The van der Waals surface area contributed by atoms with E-state index in [1.807, 2.05) is 5.32 Å². The molecular weight excluding hydrogens is 501 g/mol. The number of carbonyl (C=O) groups excluding carboxylic acids is 1. The highest BCUT2D eigenvalue weighted by molar-refractivity contribution is 8.00. The zero-order chi connectivity index (χ0) is 24.4. The standard InChI is InChI=1S/C21H16ClF3N2O4S2/c1-20(29,21(23,24)25)19(28)27-16-7-6-14(12-15(16)22)33(30,31)18-5-3-2-4-17(18)32-13-8-10-26-11-9-13/h2-12,29H,1H3,(H,27,28). The SMILES string of the molecule is CC(O)(C(=O)Nc1ccc(S(=O)(=O)c2ccccc2Sc2ccncc2)cc1Cl)C(F)(F)F. The first-order chi connectivity index (χ1) is 15.3. The largest absolute Gasteiger partial charge is 0.426 e. The lowest BCUT2D eigenvalue weighted by Crippen LogP contribution is -2.52. The highest BCUT2D eigenvalue weighted by atomic mass is 35.5. The summed E-state index contributed by atoms with van der Waals surface area (Å²) in [6, 6.07) is 12.9. The first-order valence-corrected chi connectivity index (χ1v) is 11.8. The highest BCUT2D eigenvalue weighted by Gasteiger charge is 2.55. The van der Waals surface area contributed by atoms with E-state index in [0.717, 1.165) is 23.1 Å². The summed E-state index contributed by atoms with van der Waals surface area (Å²) in [7, 11) is -4.07. The molecule has 0 radical (unpaired) electrons. The molecule has 1 atom stereocenters. The van der Waals surface area contributed by atoms with Crippen LogP contribution in [0.1, 0.15) is 6.92 Å². The number of carbonyl (C=O) groups is 1. The summed E-state index contributed by atoms with van der Waals surface area (Å²) in [5.41, 5.74) is -3.95. The Bertz CT molecular complexity index is 1280. The minimum Gasteiger partial charge on any atom is -0.373 e. The van der Waals surface area contributed by atoms with E-state index in [4.69, 9.17) is 11.6 Å². The molecule has 0 aliphatic heterocycles. The Hall–Kier alpha value is -2.60. The van der Waals surface area contributed by atoms with Gasteiger partial charge in [0, 0.05) is 22.2 Å². The number of rotatable bonds is 6. The summed E-state index contributed by atoms with van der Waals surface area (Å²) in [6.07, 6.45) is -2.08. The minimum atomic E-state index is -5.22. The molecule has 0 bridgehead atoms. The van der Waals surface area contributed by atoms with Gasteiger partial charge in [-0.3, -0.25) is 9.78 Å². The number of anilines is 1. The number of sulfone groups is 1. The molecule has 3 rings (SSSR count). The number of nitrogens with one attached hydrogen (secondary N) is 1. The predicted molar refractivity (Wildman–Crippen MR) is 117 cm³/mol. The summed E-state index contributed by atoms with van der Waals surface area (Å²) >= 11 is 7.26. The van der Waals surface area contributed by atoms with Crippen LogP contribution in [0.3, 0.4) is 0 Å². The van der Waals surface area contributed by atoms with E-state index in [2.05, 4.69) is 4.98 Å². The van der Waals surface area contributed by atoms with E-state index in [-0.39, 0.29) is 20.5 Å². The van der Waals surface area contributed by atoms with E-state index in [1.54, 1.807) is 42.7 Å². The van der Waals surface area contributed by atoms with Crippen LogP contribution in [0.2, 0.25) is 5.02 Å². The fourth-order valence-corrected chi connectivity index (χ4v) is 5.49. The molecule has 174 valence electrons. The molecule has 0 fully saturated rings. The maximum absolute atomic E-state index is 13.3. The van der Waals surface area contributed by atoms with Gasteiger partial charge in [0.1, 0.15) is 0 Å². The van der Waals surface area contributed by atoms with Crippen LogP contribution in [0.25, 0.3) is 0 Å². The molecule has 33 heavy (non-hydrogen) atoms. The van der Waals surface area contributed by atoms with Crippen molar-refractivity contribution in [3.63, 3.8) is 0 Å². The van der Waals surface area contributed by atoms with Crippen molar-refractivity contribution in [2.24, 2.45) is 0 Å². The predicted octanol–water partition coefficient (Wildman–Crippen LogP) is 4.97. The Morgan fingerprint density at radius 1 is 1.09 bits per heavy atom. The smallest absolute Gasteiger partial charge is 0.373 e. The van der Waals surface area contributed by atoms with Gasteiger partial charge in [0.2, 0.25) is 15.4 Å². The molecule has 1 aromatic heterocycles. The zero-order valence-electron chi connectivity index (χ0n) is 16.8. The molecule has 2 aromatic carbocycles. The molecule has 6 nitrogen and oxygen atoms in total. The van der Waals surface area contributed by atoms with Crippen LogP contribution < -0.4 is 5.32 Å². The number of nitrogens with zero attached hydrogens (tertiary/aromatic N) is 1. The number of halogens is 4. The Kier molecular flexibility index (Phi) is 7.08. The number of pyridine rings is 1. The first-order valence-electron chi connectivity index (χ1n) is 9.16. The molecule has 3 aromatic rings. The van der Waals surface area contributed by atoms with E-state index >= 15 is 0 Å². The third-order valence-electron chi connectivity index (χ3n) is 4.51. The van der Waals surface area contributed by atoms with Crippen molar-refractivity contribution < 1.29 is 31.5 Å². The summed E-state index contributed by atoms with van der Waals surface area (Å²) in [6.45, 7) is 0.298. The van der Waals surface area contributed by atoms with Gasteiger partial charge in [0.15, 0.2) is 0 Å². The fraction of sp³-hybridized carbons (Fsp3) is 0.143. The molecule has 1 unspecified atom stereocenters. The number of alkyl halides is 3. The normalized spacial score (nSPS) is 13.9. The van der Waals surface area contributed by atoms with Crippen molar-refractivity contribution in [2.75, 3.05) is 5.32 Å². The van der Waals surface area contributed by atoms with Crippen LogP contribution in [0, 0.1) is 0 Å². The number of aliphatic hydroxyl groups is 1. The van der Waals surface area contributed by atoms with Gasteiger partial charge in [0.05, 0.1) is 20.5 Å². The molecular formula is C21H16ClF3N2O4S2. The van der Waals surface area contributed by atoms with Crippen molar-refractivity contribution in [3.05, 3.63) is 72.0 Å². The van der Waals surface area contributed by atoms with Gasteiger partial charge in [-0.1, -0.05) is 35.5 Å². The summed E-state index contributed by atoms with van der Waals surface area (Å²) in [5.74, 6) is -1.76. The Labute approximate surface area is 196 Å². The van der Waals surface area contributed by atoms with Crippen LogP contribution in [0.5, 0.6) is 0 Å². The van der Waals surface area contributed by atoms with Crippen molar-refractivity contribution in [3.8, 4) is 0 Å². The molecule has 1 heterocycles. The van der Waals surface area contributed by atoms with Gasteiger partial charge in [-0.25, -0.2) is 8.42 Å². The zero-order valence-corrected chi connectivity index (χ0v) is 19.2. The van der Waals surface area contributed by atoms with Crippen molar-refractivity contribution in [1.82, 2.24) is 4.98 Å². The van der Waals surface area contributed by atoms with Gasteiger partial charge >= 0.3 is 6.18 Å². The maximum Gasteiger partial charge on any atom is 0.426 e. The van der Waals surface area contributed by atoms with E-state index in [9.17, 15) is 31.5 Å². The van der Waals surface area contributed by atoms with Crippen LogP contribution in [0.4, 0.5) is 18.9 Å². The summed E-state index contributed by atoms with van der Waals surface area (Å²) in [5, 5.41) is 11.0. The third-order valence-corrected chi connectivity index (χ3v) is 7.84. The molecule has 0 saturated carbocycles. The second kappa shape index (κ2) is 9.34. The van der Waals surface area contributed by atoms with Crippen molar-refractivity contribution in [1.29, 1.82) is 0 Å². The topological polar surface area (TPSA) is 96.4 Å². The minimum absolute atomic E-state index is 0.000306. The van der Waals surface area contributed by atoms with Gasteiger partial charge in [-0.05, 0) is 49.4 Å². The van der Waals surface area contributed by atoms with Gasteiger partial charge in [-0.2, -0.15) is 13.2 Å². The second-order valence-electron chi connectivity index (χ2n) is 6.90. The van der Waals surface area contributed by atoms with E-state index in [0.29, 0.717) is 11.8 Å². The van der Waals surface area contributed by atoms with Crippen LogP contribution in [-0.4, -0.2) is 36.2 Å². The number of benzene rings is 2. The second-order valence-corrected chi connectivity index (χ2v) is 10.3. The van der Waals surface area contributed by atoms with Crippen molar-refractivity contribution in [2.45, 2.75) is 38.3 Å². The van der Waals surface area contributed by atoms with Gasteiger partial charge < -0.3 is 10.4 Å². The Morgan fingerprint density at radius 3 is 2.33 bits per heavy atom. The molecule has 0 aliphatic rings. The maximum atomic E-state index is 13.3. The van der Waals surface area contributed by atoms with Gasteiger partial charge in [0.25, 0.3) is 5.91 Å². The fourth-order valence-electron chi connectivity index (χ4n) is 2.55. The lowest BCUT2D eigenvalue weighted by molar-refractivity contribution is -0.242. The lowest BCUT2D eigenvalue weighted by Gasteiger charge is -2.25. The summed E-state index contributed by atoms with van der Waals surface area (Å²) in [4.78, 5) is 16.8. The van der Waals surface area contributed by atoms with E-state index < -0.39 is 27.5 Å². The van der Waals surface area contributed by atoms with Crippen LogP contribution >= 0.6 is 23.4 Å². The van der Waals surface area contributed by atoms with Crippen LogP contribution in [0.15, 0.2) is 86.6 Å². The third kappa shape index (κ3) is 5.32. The molecule has 0 spiro atoms. The van der Waals surface area contributed by atoms with Gasteiger partial charge in [-0.15, -0.1) is 0 Å². The number of amides is 1. The Balaban J connectivity index is 1.92. The van der Waals surface area contributed by atoms with Crippen molar-refractivity contribution >= 4 is 44.8 Å². The number of hydrogen-bond donors (Lipinski definition) is 2. The molecule has 12 heteroatoms. The number of aromatic nitrogens is 1. The quantitative estimate of drug-likeness (QED) is 0.480. The average Bonchev–Trinajstić information content (AvgIpc) is 2.75. The first kappa shape index (κ1) is 25.0. The highest BCUT2D eigenvalue weighted by Crippen LogP contribution is 2.37. The van der Waals surface area contributed by atoms with Crippen LogP contribution in [-0.2, 0) is 14.6 Å². The lowest BCUT2D eigenvalue weighted by atomic mass is 10.1. The summed E-state index contributed by atoms with van der Waals surface area (Å²) < 4.78 is 65.1. The molecule has 0 aliphatic carbocycles. The molecule has 2 N–H and O–H groups in total. The molecule has 1 amide bonds. The average molecular weight is 517 g/mol. The number of hydrogen-bond acceptors (Lipinski definition) is 6.